The molecule has 5 heteroatoms. The number of ether oxygens (including phenoxy) is 1. The fraction of sp³-hybridized carbons (Fsp3) is 0.929. The van der Waals surface area contributed by atoms with Gasteiger partial charge in [-0.2, -0.15) is 0 Å². The van der Waals surface area contributed by atoms with Crippen molar-refractivity contribution in [3.8, 4) is 0 Å². The Morgan fingerprint density at radius 1 is 1.58 bits per heavy atom. The molecule has 0 aromatic carbocycles. The number of nitrogens with zero attached hydrogens (tertiary/aromatic N) is 1. The maximum absolute atomic E-state index is 11.3. The number of hydrogen-bond donors (Lipinski definition) is 2. The van der Waals surface area contributed by atoms with Crippen LogP contribution in [-0.4, -0.2) is 56.7 Å². The Morgan fingerprint density at radius 2 is 2.37 bits per heavy atom. The average molecular weight is 271 g/mol. The van der Waals surface area contributed by atoms with Gasteiger partial charge in [0.05, 0.1) is 12.6 Å². The third-order valence-electron chi connectivity index (χ3n) is 3.61. The van der Waals surface area contributed by atoms with Crippen LogP contribution in [0.15, 0.2) is 0 Å². The zero-order valence-electron chi connectivity index (χ0n) is 12.4. The van der Waals surface area contributed by atoms with Gasteiger partial charge in [0.2, 0.25) is 5.91 Å². The van der Waals surface area contributed by atoms with Crippen molar-refractivity contribution in [2.24, 2.45) is 11.7 Å². The molecule has 19 heavy (non-hydrogen) atoms. The van der Waals surface area contributed by atoms with Crippen LogP contribution in [0.2, 0.25) is 0 Å². The summed E-state index contributed by atoms with van der Waals surface area (Å²) in [5.41, 5.74) is 5.41. The van der Waals surface area contributed by atoms with E-state index in [-0.39, 0.29) is 11.9 Å². The summed E-state index contributed by atoms with van der Waals surface area (Å²) in [7, 11) is 2.10. The van der Waals surface area contributed by atoms with E-state index < -0.39 is 0 Å². The summed E-state index contributed by atoms with van der Waals surface area (Å²) in [5.74, 6) is 0.386. The molecule has 0 aliphatic carbocycles. The van der Waals surface area contributed by atoms with Crippen LogP contribution in [0.1, 0.15) is 32.6 Å². The lowest BCUT2D eigenvalue weighted by Crippen LogP contribution is -2.44. The molecule has 0 spiro atoms. The van der Waals surface area contributed by atoms with Gasteiger partial charge in [-0.3, -0.25) is 4.79 Å². The Labute approximate surface area is 116 Å². The van der Waals surface area contributed by atoms with E-state index in [0.717, 1.165) is 45.7 Å². The van der Waals surface area contributed by atoms with Crippen LogP contribution in [0.5, 0.6) is 0 Å². The van der Waals surface area contributed by atoms with Gasteiger partial charge in [-0.1, -0.05) is 6.92 Å². The van der Waals surface area contributed by atoms with Crippen LogP contribution in [0, 0.1) is 5.92 Å². The molecule has 0 saturated carbocycles. The predicted octanol–water partition coefficient (Wildman–Crippen LogP) is 0.588. The molecule has 5 nitrogen and oxygen atoms in total. The van der Waals surface area contributed by atoms with Crippen molar-refractivity contribution in [1.82, 2.24) is 10.2 Å². The standard InChI is InChI=1S/C14H29N3O2/c1-3-7-16-13(14(15)18)6-8-17(2)10-12-5-4-9-19-11-12/h12-13,16H,3-11H2,1-2H3,(H2,15,18). The van der Waals surface area contributed by atoms with Gasteiger partial charge in [-0.15, -0.1) is 0 Å². The molecule has 0 aromatic heterocycles. The van der Waals surface area contributed by atoms with E-state index in [1.807, 2.05) is 0 Å². The Balaban J connectivity index is 2.22. The molecular formula is C14H29N3O2. The molecule has 1 aliphatic rings. The van der Waals surface area contributed by atoms with Gasteiger partial charge in [0.25, 0.3) is 0 Å². The summed E-state index contributed by atoms with van der Waals surface area (Å²) in [6.45, 7) is 6.64. The van der Waals surface area contributed by atoms with Gasteiger partial charge in [0, 0.05) is 13.2 Å². The number of amides is 1. The molecule has 0 bridgehead atoms. The first kappa shape index (κ1) is 16.4. The summed E-state index contributed by atoms with van der Waals surface area (Å²) in [6, 6.07) is -0.204. The number of carbonyl (C=O) groups excluding carboxylic acids is 1. The first-order chi connectivity index (χ1) is 9.13. The zero-order valence-corrected chi connectivity index (χ0v) is 12.4. The van der Waals surface area contributed by atoms with E-state index in [9.17, 15) is 4.79 Å². The van der Waals surface area contributed by atoms with E-state index in [4.69, 9.17) is 10.5 Å². The maximum atomic E-state index is 11.3. The number of nitrogens with one attached hydrogen (secondary N) is 1. The second kappa shape index (κ2) is 9.28. The molecule has 1 amide bonds. The number of nitrogens with two attached hydrogens (primary N) is 1. The van der Waals surface area contributed by atoms with Gasteiger partial charge in [-0.25, -0.2) is 0 Å². The molecule has 0 aromatic rings. The largest absolute Gasteiger partial charge is 0.381 e. The van der Waals surface area contributed by atoms with Gasteiger partial charge >= 0.3 is 0 Å². The number of rotatable bonds is 9. The molecule has 2 atom stereocenters. The predicted molar refractivity (Wildman–Crippen MR) is 76.9 cm³/mol. The molecular weight excluding hydrogens is 242 g/mol. The lowest BCUT2D eigenvalue weighted by molar-refractivity contribution is -0.120. The molecule has 1 saturated heterocycles. The second-order valence-corrected chi connectivity index (χ2v) is 5.54. The Hall–Kier alpha value is -0.650. The first-order valence-corrected chi connectivity index (χ1v) is 7.42. The summed E-state index contributed by atoms with van der Waals surface area (Å²) in [6.07, 6.45) is 4.20. The third kappa shape index (κ3) is 6.89. The maximum Gasteiger partial charge on any atom is 0.234 e. The minimum atomic E-state index is -0.247. The molecule has 1 fully saturated rings. The van der Waals surface area contributed by atoms with Crippen molar-refractivity contribution >= 4 is 5.91 Å². The van der Waals surface area contributed by atoms with Crippen LogP contribution in [-0.2, 0) is 9.53 Å². The SMILES string of the molecule is CCCNC(CCN(C)CC1CCCOC1)C(N)=O. The van der Waals surface area contributed by atoms with Crippen LogP contribution < -0.4 is 11.1 Å². The van der Waals surface area contributed by atoms with Crippen LogP contribution >= 0.6 is 0 Å². The Kier molecular flexibility index (Phi) is 8.02. The van der Waals surface area contributed by atoms with E-state index >= 15 is 0 Å². The van der Waals surface area contributed by atoms with E-state index in [2.05, 4.69) is 24.2 Å². The van der Waals surface area contributed by atoms with Crippen molar-refractivity contribution < 1.29 is 9.53 Å². The van der Waals surface area contributed by atoms with Crippen molar-refractivity contribution in [3.05, 3.63) is 0 Å². The quantitative estimate of drug-likeness (QED) is 0.644. The van der Waals surface area contributed by atoms with Crippen LogP contribution in [0.3, 0.4) is 0 Å². The smallest absolute Gasteiger partial charge is 0.234 e. The lowest BCUT2D eigenvalue weighted by Gasteiger charge is -2.28. The van der Waals surface area contributed by atoms with E-state index in [1.165, 1.54) is 12.8 Å². The minimum absolute atomic E-state index is 0.204. The molecule has 1 heterocycles. The second-order valence-electron chi connectivity index (χ2n) is 5.54. The Morgan fingerprint density at radius 3 is 2.95 bits per heavy atom. The zero-order chi connectivity index (χ0) is 14.1. The highest BCUT2D eigenvalue weighted by atomic mass is 16.5. The highest BCUT2D eigenvalue weighted by Crippen LogP contribution is 2.14. The van der Waals surface area contributed by atoms with E-state index in [0.29, 0.717) is 5.92 Å². The van der Waals surface area contributed by atoms with Crippen molar-refractivity contribution in [2.45, 2.75) is 38.6 Å². The topological polar surface area (TPSA) is 67.6 Å². The van der Waals surface area contributed by atoms with Crippen LogP contribution in [0.4, 0.5) is 0 Å². The highest BCUT2D eigenvalue weighted by molar-refractivity contribution is 5.79. The summed E-state index contributed by atoms with van der Waals surface area (Å²) < 4.78 is 5.49. The van der Waals surface area contributed by atoms with Gasteiger partial charge < -0.3 is 20.7 Å². The molecule has 112 valence electrons. The molecule has 0 radical (unpaired) electrons. The van der Waals surface area contributed by atoms with Gasteiger partial charge in [-0.05, 0) is 51.7 Å². The monoisotopic (exact) mass is 271 g/mol. The fourth-order valence-corrected chi connectivity index (χ4v) is 2.50. The highest BCUT2D eigenvalue weighted by Gasteiger charge is 2.18. The van der Waals surface area contributed by atoms with Crippen LogP contribution in [0.25, 0.3) is 0 Å². The fourth-order valence-electron chi connectivity index (χ4n) is 2.50. The van der Waals surface area contributed by atoms with Crippen molar-refractivity contribution in [3.63, 3.8) is 0 Å². The number of hydrogen-bond acceptors (Lipinski definition) is 4. The minimum Gasteiger partial charge on any atom is -0.381 e. The summed E-state index contributed by atoms with van der Waals surface area (Å²) in [5, 5.41) is 3.20. The molecule has 1 rings (SSSR count). The third-order valence-corrected chi connectivity index (χ3v) is 3.61. The number of primary amides is 1. The van der Waals surface area contributed by atoms with Crippen molar-refractivity contribution in [1.29, 1.82) is 0 Å². The number of carbonyl (C=O) groups is 1. The first-order valence-electron chi connectivity index (χ1n) is 7.42. The normalized spacial score (nSPS) is 21.5. The Bertz CT molecular complexity index is 255. The average Bonchev–Trinajstić information content (AvgIpc) is 2.39. The molecule has 2 unspecified atom stereocenters. The van der Waals surface area contributed by atoms with Gasteiger partial charge in [0.15, 0.2) is 0 Å². The molecule has 3 N–H and O–H groups in total. The van der Waals surface area contributed by atoms with E-state index in [1.54, 1.807) is 0 Å². The van der Waals surface area contributed by atoms with Crippen molar-refractivity contribution in [2.75, 3.05) is 39.9 Å². The summed E-state index contributed by atoms with van der Waals surface area (Å²) in [4.78, 5) is 13.6. The summed E-state index contributed by atoms with van der Waals surface area (Å²) >= 11 is 0. The molecule has 1 aliphatic heterocycles. The van der Waals surface area contributed by atoms with Gasteiger partial charge in [0.1, 0.15) is 0 Å². The lowest BCUT2D eigenvalue weighted by atomic mass is 10.0.